The fourth-order valence-electron chi connectivity index (χ4n) is 5.54. The molecule has 10 heteroatoms. The molecule has 0 bridgehead atoms. The van der Waals surface area contributed by atoms with E-state index in [4.69, 9.17) is 16.6 Å². The molecule has 0 radical (unpaired) electrons. The lowest BCUT2D eigenvalue weighted by Gasteiger charge is -2.35. The molecule has 3 heterocycles. The van der Waals surface area contributed by atoms with Crippen LogP contribution in [0.15, 0.2) is 65.5 Å². The number of benzene rings is 3. The molecular formula is C31H31ClN6O3. The maximum absolute atomic E-state index is 13.5. The second-order valence-corrected chi connectivity index (χ2v) is 10.9. The topological polar surface area (TPSA) is 117 Å². The number of para-hydroxylation sites is 1. The Hall–Kier alpha value is -4.34. The molecule has 4 N–H and O–H groups in total. The smallest absolute Gasteiger partial charge is 0.261 e. The van der Waals surface area contributed by atoms with Crippen molar-refractivity contribution in [2.75, 3.05) is 42.9 Å². The van der Waals surface area contributed by atoms with Crippen LogP contribution in [0.25, 0.3) is 33.3 Å². The Morgan fingerprint density at radius 3 is 2.59 bits per heavy atom. The number of rotatable bonds is 6. The zero-order valence-electron chi connectivity index (χ0n) is 22.9. The highest BCUT2D eigenvalue weighted by Gasteiger charge is 2.22. The predicted molar refractivity (Wildman–Crippen MR) is 164 cm³/mol. The van der Waals surface area contributed by atoms with Gasteiger partial charge in [0.2, 0.25) is 5.91 Å². The second kappa shape index (κ2) is 10.9. The van der Waals surface area contributed by atoms with Crippen LogP contribution >= 0.6 is 11.6 Å². The van der Waals surface area contributed by atoms with E-state index in [1.165, 1.54) is 0 Å². The van der Waals surface area contributed by atoms with Gasteiger partial charge in [-0.2, -0.15) is 0 Å². The lowest BCUT2D eigenvalue weighted by Crippen LogP contribution is -2.48. The monoisotopic (exact) mass is 570 g/mol. The van der Waals surface area contributed by atoms with Gasteiger partial charge in [-0.1, -0.05) is 41.9 Å². The predicted octanol–water partition coefficient (Wildman–Crippen LogP) is 4.85. The molecular weight excluding hydrogens is 540 g/mol. The molecule has 1 amide bonds. The molecule has 3 aromatic carbocycles. The molecule has 41 heavy (non-hydrogen) atoms. The van der Waals surface area contributed by atoms with Crippen molar-refractivity contribution in [1.29, 1.82) is 0 Å². The van der Waals surface area contributed by atoms with E-state index in [2.05, 4.69) is 26.3 Å². The molecule has 210 valence electrons. The summed E-state index contributed by atoms with van der Waals surface area (Å²) in [4.78, 5) is 40.6. The number of halogens is 1. The number of nitrogens with one attached hydrogen (secondary N) is 3. The minimum Gasteiger partial charge on any atom is -0.387 e. The highest BCUT2D eigenvalue weighted by molar-refractivity contribution is 6.30. The molecule has 2 aromatic heterocycles. The van der Waals surface area contributed by atoms with Gasteiger partial charge >= 0.3 is 0 Å². The zero-order chi connectivity index (χ0) is 28.7. The molecule has 9 nitrogen and oxygen atoms in total. The van der Waals surface area contributed by atoms with Crippen molar-refractivity contribution in [3.63, 3.8) is 0 Å². The van der Waals surface area contributed by atoms with Crippen LogP contribution in [0.3, 0.4) is 0 Å². The number of aliphatic hydroxyl groups is 1. The van der Waals surface area contributed by atoms with Crippen LogP contribution in [0.5, 0.6) is 0 Å². The Bertz CT molecular complexity index is 1820. The Morgan fingerprint density at radius 2 is 1.83 bits per heavy atom. The van der Waals surface area contributed by atoms with Gasteiger partial charge in [0.25, 0.3) is 5.56 Å². The molecule has 1 atom stereocenters. The van der Waals surface area contributed by atoms with Gasteiger partial charge in [0, 0.05) is 55.7 Å². The zero-order valence-corrected chi connectivity index (χ0v) is 23.6. The van der Waals surface area contributed by atoms with Gasteiger partial charge in [-0.15, -0.1) is 0 Å². The number of anilines is 2. The first kappa shape index (κ1) is 26.9. The number of amides is 1. The van der Waals surface area contributed by atoms with E-state index in [1.54, 1.807) is 25.1 Å². The van der Waals surface area contributed by atoms with Crippen molar-refractivity contribution in [1.82, 2.24) is 19.9 Å². The molecule has 1 unspecified atom stereocenters. The van der Waals surface area contributed by atoms with Gasteiger partial charge in [0.1, 0.15) is 11.4 Å². The lowest BCUT2D eigenvalue weighted by atomic mass is 10.1. The van der Waals surface area contributed by atoms with Crippen LogP contribution in [0.4, 0.5) is 11.4 Å². The summed E-state index contributed by atoms with van der Waals surface area (Å²) >= 11 is 6.13. The Balaban J connectivity index is 1.38. The Labute approximate surface area is 241 Å². The SMILES string of the molecule is CC(=O)N1CCN(c2cc(C)c3nc(-c4c(NCC(O)c5cccc(Cl)c5)c5ccccc5[nH]c4=O)[nH]c3c2)CC1. The number of carbonyl (C=O) groups is 1. The summed E-state index contributed by atoms with van der Waals surface area (Å²) in [6.07, 6.45) is -0.844. The molecule has 1 saturated heterocycles. The van der Waals surface area contributed by atoms with E-state index in [1.807, 2.05) is 48.2 Å². The van der Waals surface area contributed by atoms with Gasteiger partial charge in [-0.3, -0.25) is 9.59 Å². The second-order valence-electron chi connectivity index (χ2n) is 10.4. The Kier molecular flexibility index (Phi) is 7.15. The number of aryl methyl sites for hydroxylation is 1. The first-order valence-electron chi connectivity index (χ1n) is 13.6. The molecule has 1 aliphatic heterocycles. The third-order valence-corrected chi connectivity index (χ3v) is 7.95. The molecule has 0 saturated carbocycles. The first-order chi connectivity index (χ1) is 19.8. The summed E-state index contributed by atoms with van der Waals surface area (Å²) in [5, 5.41) is 15.6. The van der Waals surface area contributed by atoms with Crippen LogP contribution in [0.2, 0.25) is 5.02 Å². The molecule has 0 aliphatic carbocycles. The number of nitrogens with zero attached hydrogens (tertiary/aromatic N) is 3. The van der Waals surface area contributed by atoms with Crippen LogP contribution in [-0.2, 0) is 4.79 Å². The standard InChI is InChI=1S/C31H31ClN6O3/c1-18-14-22(38-12-10-37(11-13-38)19(2)39)16-25-28(18)36-30(34-25)27-29(23-8-3-4-9-24(23)35-31(27)41)33-17-26(40)20-6-5-7-21(32)15-20/h3-9,14-16,26,40H,10-13,17H2,1-2H3,(H,34,36)(H2,33,35,41). The van der Waals surface area contributed by atoms with Crippen molar-refractivity contribution in [2.45, 2.75) is 20.0 Å². The van der Waals surface area contributed by atoms with Gasteiger partial charge < -0.3 is 30.2 Å². The number of piperazine rings is 1. The number of fused-ring (bicyclic) bond motifs is 2. The van der Waals surface area contributed by atoms with E-state index >= 15 is 0 Å². The summed E-state index contributed by atoms with van der Waals surface area (Å²) in [5.74, 6) is 0.535. The average Bonchev–Trinajstić information content (AvgIpc) is 3.40. The van der Waals surface area contributed by atoms with E-state index < -0.39 is 6.10 Å². The average molecular weight is 571 g/mol. The number of imidazole rings is 1. The summed E-state index contributed by atoms with van der Waals surface area (Å²) in [5.41, 5.74) is 5.65. The quantitative estimate of drug-likeness (QED) is 0.232. The summed E-state index contributed by atoms with van der Waals surface area (Å²) < 4.78 is 0. The highest BCUT2D eigenvalue weighted by Crippen LogP contribution is 2.33. The highest BCUT2D eigenvalue weighted by atomic mass is 35.5. The van der Waals surface area contributed by atoms with E-state index in [9.17, 15) is 14.7 Å². The van der Waals surface area contributed by atoms with Crippen molar-refractivity contribution in [3.05, 3.63) is 87.2 Å². The Morgan fingerprint density at radius 1 is 1.05 bits per heavy atom. The third kappa shape index (κ3) is 5.26. The van der Waals surface area contributed by atoms with Crippen LogP contribution in [0.1, 0.15) is 24.2 Å². The fraction of sp³-hybridized carbons (Fsp3) is 0.258. The minimum atomic E-state index is -0.844. The number of H-pyrrole nitrogens is 2. The van der Waals surface area contributed by atoms with Crippen LogP contribution < -0.4 is 15.8 Å². The van der Waals surface area contributed by atoms with Crippen LogP contribution in [-0.4, -0.2) is 63.6 Å². The fourth-order valence-corrected chi connectivity index (χ4v) is 5.73. The largest absolute Gasteiger partial charge is 0.387 e. The van der Waals surface area contributed by atoms with Gasteiger partial charge in [0.05, 0.1) is 28.3 Å². The number of carbonyl (C=O) groups excluding carboxylic acids is 1. The van der Waals surface area contributed by atoms with E-state index in [-0.39, 0.29) is 18.0 Å². The van der Waals surface area contributed by atoms with Crippen molar-refractivity contribution in [3.8, 4) is 11.4 Å². The number of aromatic nitrogens is 3. The number of aliphatic hydroxyl groups excluding tert-OH is 1. The first-order valence-corrected chi connectivity index (χ1v) is 14.0. The maximum Gasteiger partial charge on any atom is 0.261 e. The number of pyridine rings is 1. The maximum atomic E-state index is 13.5. The molecule has 1 aliphatic rings. The molecule has 5 aromatic rings. The molecule has 6 rings (SSSR count). The van der Waals surface area contributed by atoms with Crippen molar-refractivity contribution >= 4 is 50.8 Å². The number of aromatic amines is 2. The van der Waals surface area contributed by atoms with Gasteiger partial charge in [-0.25, -0.2) is 4.98 Å². The van der Waals surface area contributed by atoms with E-state index in [0.717, 1.165) is 40.8 Å². The van der Waals surface area contributed by atoms with Crippen molar-refractivity contribution in [2.24, 2.45) is 0 Å². The summed E-state index contributed by atoms with van der Waals surface area (Å²) in [6, 6.07) is 18.8. The third-order valence-electron chi connectivity index (χ3n) is 7.72. The van der Waals surface area contributed by atoms with E-state index in [0.29, 0.717) is 46.3 Å². The van der Waals surface area contributed by atoms with Crippen LogP contribution in [0, 0.1) is 6.92 Å². The van der Waals surface area contributed by atoms with Gasteiger partial charge in [-0.05, 0) is 48.4 Å². The molecule has 0 spiro atoms. The normalized spacial score (nSPS) is 14.5. The van der Waals surface area contributed by atoms with Crippen molar-refractivity contribution < 1.29 is 9.90 Å². The molecule has 1 fully saturated rings. The lowest BCUT2D eigenvalue weighted by molar-refractivity contribution is -0.129. The summed E-state index contributed by atoms with van der Waals surface area (Å²) in [7, 11) is 0. The minimum absolute atomic E-state index is 0.0969. The van der Waals surface area contributed by atoms with Gasteiger partial charge in [0.15, 0.2) is 0 Å². The summed E-state index contributed by atoms with van der Waals surface area (Å²) in [6.45, 7) is 6.64. The number of hydrogen-bond acceptors (Lipinski definition) is 6. The number of hydrogen-bond donors (Lipinski definition) is 4.